The van der Waals surface area contributed by atoms with Crippen LogP contribution in [-0.2, 0) is 21.9 Å². The molecule has 1 aromatic heterocycles. The minimum Gasteiger partial charge on any atom is -0.314 e. The number of sulfone groups is 1. The van der Waals surface area contributed by atoms with Crippen molar-refractivity contribution in [3.8, 4) is 0 Å². The Morgan fingerprint density at radius 1 is 1.39 bits per heavy atom. The molecule has 0 saturated carbocycles. The maximum atomic E-state index is 13.7. The Kier molecular flexibility index (Phi) is 6.14. The maximum Gasteiger partial charge on any atom is 0.152 e. The van der Waals surface area contributed by atoms with Crippen LogP contribution in [0.4, 0.5) is 4.39 Å². The zero-order chi connectivity index (χ0) is 19.1. The molecule has 2 aromatic rings. The van der Waals surface area contributed by atoms with Gasteiger partial charge in [-0.1, -0.05) is 12.1 Å². The fraction of sp³-hybridized carbons (Fsp3) is 0.526. The van der Waals surface area contributed by atoms with Gasteiger partial charge in [0.2, 0.25) is 0 Å². The highest BCUT2D eigenvalue weighted by Gasteiger charge is 2.40. The Hall–Kier alpha value is -1.48. The van der Waals surface area contributed by atoms with Gasteiger partial charge in [-0.05, 0) is 31.0 Å². The minimum atomic E-state index is -2.98. The number of halogens is 2. The SMILES string of the molecule is CC1(n2cc(CN3CCNCC3c3cccc(F)c3)cn2)CCS(=O)(=O)C1.Cl. The first kappa shape index (κ1) is 21.2. The molecular formula is C19H26ClFN4O2S. The van der Waals surface area contributed by atoms with E-state index in [1.165, 1.54) is 6.07 Å². The van der Waals surface area contributed by atoms with Gasteiger partial charge in [-0.25, -0.2) is 12.8 Å². The highest BCUT2D eigenvalue weighted by Crippen LogP contribution is 2.31. The van der Waals surface area contributed by atoms with Crippen molar-refractivity contribution < 1.29 is 12.8 Å². The van der Waals surface area contributed by atoms with E-state index in [-0.39, 0.29) is 35.8 Å². The van der Waals surface area contributed by atoms with E-state index in [2.05, 4.69) is 15.3 Å². The number of piperazine rings is 1. The number of nitrogens with zero attached hydrogens (tertiary/aromatic N) is 3. The van der Waals surface area contributed by atoms with Crippen molar-refractivity contribution in [2.75, 3.05) is 31.1 Å². The lowest BCUT2D eigenvalue weighted by atomic mass is 10.0. The third kappa shape index (κ3) is 4.40. The lowest BCUT2D eigenvalue weighted by Gasteiger charge is -2.36. The van der Waals surface area contributed by atoms with E-state index >= 15 is 0 Å². The molecule has 0 amide bonds. The van der Waals surface area contributed by atoms with Gasteiger partial charge in [0.05, 0.1) is 23.2 Å². The molecule has 1 aromatic carbocycles. The summed E-state index contributed by atoms with van der Waals surface area (Å²) in [5.74, 6) is 0.139. The van der Waals surface area contributed by atoms with E-state index in [1.807, 2.05) is 30.1 Å². The van der Waals surface area contributed by atoms with E-state index in [9.17, 15) is 12.8 Å². The molecule has 2 saturated heterocycles. The van der Waals surface area contributed by atoms with E-state index < -0.39 is 15.4 Å². The molecule has 1 N–H and O–H groups in total. The average molecular weight is 429 g/mol. The van der Waals surface area contributed by atoms with Crippen LogP contribution in [0.2, 0.25) is 0 Å². The second kappa shape index (κ2) is 8.10. The Morgan fingerprint density at radius 2 is 2.21 bits per heavy atom. The molecule has 0 radical (unpaired) electrons. The molecule has 9 heteroatoms. The minimum absolute atomic E-state index is 0. The molecule has 0 bridgehead atoms. The molecule has 28 heavy (non-hydrogen) atoms. The van der Waals surface area contributed by atoms with Crippen LogP contribution in [0.5, 0.6) is 0 Å². The summed E-state index contributed by atoms with van der Waals surface area (Å²) in [7, 11) is -2.98. The molecule has 2 atom stereocenters. The first-order valence-corrected chi connectivity index (χ1v) is 11.1. The number of hydrogen-bond donors (Lipinski definition) is 1. The standard InChI is InChI=1S/C19H25FN4O2S.ClH/c1-19(5-8-27(25,26)14-19)24-13-15(10-22-24)12-23-7-6-21-11-18(23)16-3-2-4-17(20)9-16;/h2-4,9-10,13,18,21H,5-8,11-12,14H2,1H3;1H. The fourth-order valence-corrected chi connectivity index (χ4v) is 6.24. The van der Waals surface area contributed by atoms with Gasteiger partial charge < -0.3 is 5.32 Å². The third-order valence-electron chi connectivity index (χ3n) is 5.65. The predicted octanol–water partition coefficient (Wildman–Crippen LogP) is 2.12. The van der Waals surface area contributed by atoms with Crippen molar-refractivity contribution >= 4 is 22.2 Å². The molecule has 154 valence electrons. The summed E-state index contributed by atoms with van der Waals surface area (Å²) in [4.78, 5) is 2.32. The molecule has 0 spiro atoms. The first-order valence-electron chi connectivity index (χ1n) is 9.29. The van der Waals surface area contributed by atoms with Gasteiger partial charge in [0, 0.05) is 44.0 Å². The van der Waals surface area contributed by atoms with Gasteiger partial charge in [0.1, 0.15) is 5.82 Å². The molecule has 2 aliphatic heterocycles. The molecule has 6 nitrogen and oxygen atoms in total. The van der Waals surface area contributed by atoms with Crippen molar-refractivity contribution in [3.05, 3.63) is 53.6 Å². The normalized spacial score (nSPS) is 27.4. The number of nitrogens with one attached hydrogen (secondary N) is 1. The summed E-state index contributed by atoms with van der Waals surface area (Å²) < 4.78 is 39.2. The lowest BCUT2D eigenvalue weighted by molar-refractivity contribution is 0.153. The summed E-state index contributed by atoms with van der Waals surface area (Å²) >= 11 is 0. The van der Waals surface area contributed by atoms with Crippen LogP contribution in [-0.4, -0.2) is 54.2 Å². The molecule has 3 heterocycles. The van der Waals surface area contributed by atoms with Gasteiger partial charge in [0.15, 0.2) is 9.84 Å². The number of rotatable bonds is 4. The molecule has 4 rings (SSSR count). The van der Waals surface area contributed by atoms with Crippen molar-refractivity contribution in [1.82, 2.24) is 20.0 Å². The molecule has 2 unspecified atom stereocenters. The summed E-state index contributed by atoms with van der Waals surface area (Å²) in [6, 6.07) is 6.86. The van der Waals surface area contributed by atoms with Crippen molar-refractivity contribution in [1.29, 1.82) is 0 Å². The van der Waals surface area contributed by atoms with Crippen molar-refractivity contribution in [2.45, 2.75) is 31.5 Å². The van der Waals surface area contributed by atoms with E-state index in [0.717, 1.165) is 30.8 Å². The van der Waals surface area contributed by atoms with Crippen LogP contribution in [0.3, 0.4) is 0 Å². The van der Waals surface area contributed by atoms with Crippen LogP contribution in [0.25, 0.3) is 0 Å². The Labute approximate surface area is 171 Å². The summed E-state index contributed by atoms with van der Waals surface area (Å²) in [5.41, 5.74) is 1.54. The van der Waals surface area contributed by atoms with E-state index in [4.69, 9.17) is 0 Å². The number of hydrogen-bond acceptors (Lipinski definition) is 5. The third-order valence-corrected chi connectivity index (χ3v) is 7.53. The van der Waals surface area contributed by atoms with Crippen LogP contribution in [0.1, 0.15) is 30.5 Å². The zero-order valence-electron chi connectivity index (χ0n) is 15.8. The van der Waals surface area contributed by atoms with Gasteiger partial charge >= 0.3 is 0 Å². The second-order valence-electron chi connectivity index (χ2n) is 7.88. The monoisotopic (exact) mass is 428 g/mol. The lowest BCUT2D eigenvalue weighted by Crippen LogP contribution is -2.45. The molecule has 2 fully saturated rings. The quantitative estimate of drug-likeness (QED) is 0.808. The predicted molar refractivity (Wildman–Crippen MR) is 109 cm³/mol. The summed E-state index contributed by atoms with van der Waals surface area (Å²) in [5, 5.41) is 7.84. The van der Waals surface area contributed by atoms with Crippen LogP contribution < -0.4 is 5.32 Å². The van der Waals surface area contributed by atoms with Crippen molar-refractivity contribution in [2.24, 2.45) is 0 Å². The fourth-order valence-electron chi connectivity index (χ4n) is 4.12. The van der Waals surface area contributed by atoms with Gasteiger partial charge in [-0.15, -0.1) is 12.4 Å². The first-order chi connectivity index (χ1) is 12.8. The second-order valence-corrected chi connectivity index (χ2v) is 10.1. The van der Waals surface area contributed by atoms with Crippen LogP contribution in [0.15, 0.2) is 36.7 Å². The van der Waals surface area contributed by atoms with Crippen LogP contribution >= 0.6 is 12.4 Å². The van der Waals surface area contributed by atoms with Crippen LogP contribution in [0, 0.1) is 5.82 Å². The average Bonchev–Trinajstić information content (AvgIpc) is 3.20. The highest BCUT2D eigenvalue weighted by molar-refractivity contribution is 7.91. The maximum absolute atomic E-state index is 13.7. The largest absolute Gasteiger partial charge is 0.314 e. The smallest absolute Gasteiger partial charge is 0.152 e. The van der Waals surface area contributed by atoms with E-state index in [0.29, 0.717) is 13.0 Å². The Morgan fingerprint density at radius 3 is 2.93 bits per heavy atom. The van der Waals surface area contributed by atoms with E-state index in [1.54, 1.807) is 12.1 Å². The Bertz CT molecular complexity index is 936. The molecular weight excluding hydrogens is 403 g/mol. The summed E-state index contributed by atoms with van der Waals surface area (Å²) in [6.45, 7) is 5.17. The highest BCUT2D eigenvalue weighted by atomic mass is 35.5. The number of benzene rings is 1. The van der Waals surface area contributed by atoms with Crippen molar-refractivity contribution in [3.63, 3.8) is 0 Å². The van der Waals surface area contributed by atoms with Gasteiger partial charge in [-0.3, -0.25) is 9.58 Å². The molecule has 2 aliphatic rings. The Balaban J connectivity index is 0.00000225. The summed E-state index contributed by atoms with van der Waals surface area (Å²) in [6.07, 6.45) is 4.38. The zero-order valence-corrected chi connectivity index (χ0v) is 17.5. The number of aromatic nitrogens is 2. The van der Waals surface area contributed by atoms with Gasteiger partial charge in [-0.2, -0.15) is 5.10 Å². The topological polar surface area (TPSA) is 67.2 Å². The molecule has 0 aliphatic carbocycles. The van der Waals surface area contributed by atoms with Gasteiger partial charge in [0.25, 0.3) is 0 Å².